The number of anilines is 1. The normalized spacial score (nSPS) is 11.7. The van der Waals surface area contributed by atoms with Crippen molar-refractivity contribution >= 4 is 5.82 Å². The van der Waals surface area contributed by atoms with Gasteiger partial charge in [-0.15, -0.1) is 0 Å². The van der Waals surface area contributed by atoms with Crippen LogP contribution >= 0.6 is 0 Å². The summed E-state index contributed by atoms with van der Waals surface area (Å²) in [6, 6.07) is 0.835. The van der Waals surface area contributed by atoms with Crippen LogP contribution in [-0.2, 0) is 13.6 Å². The predicted molar refractivity (Wildman–Crippen MR) is 84.1 cm³/mol. The van der Waals surface area contributed by atoms with Crippen LogP contribution < -0.4 is 10.2 Å². The van der Waals surface area contributed by atoms with E-state index in [-0.39, 0.29) is 6.61 Å². The Labute approximate surface area is 123 Å². The number of hydrogen-bond acceptors (Lipinski definition) is 4. The number of nitrogens with zero attached hydrogens (tertiary/aromatic N) is 3. The van der Waals surface area contributed by atoms with E-state index in [2.05, 4.69) is 49.9 Å². The number of nitrogens with one attached hydrogen (secondary N) is 1. The summed E-state index contributed by atoms with van der Waals surface area (Å²) in [6.45, 7) is 12.6. The van der Waals surface area contributed by atoms with Gasteiger partial charge in [0.25, 0.3) is 0 Å². The fourth-order valence-corrected chi connectivity index (χ4v) is 2.41. The Morgan fingerprint density at radius 2 is 1.95 bits per heavy atom. The summed E-state index contributed by atoms with van der Waals surface area (Å²) in [6.07, 6.45) is 0.777. The summed E-state index contributed by atoms with van der Waals surface area (Å²) in [7, 11) is 2.00. The lowest BCUT2D eigenvalue weighted by Crippen LogP contribution is -2.35. The molecule has 0 aliphatic carbocycles. The number of aliphatic hydroxyl groups excluding tert-OH is 1. The average molecular weight is 282 g/mol. The van der Waals surface area contributed by atoms with Gasteiger partial charge in [0.2, 0.25) is 0 Å². The molecule has 2 N–H and O–H groups in total. The fourth-order valence-electron chi connectivity index (χ4n) is 2.41. The average Bonchev–Trinajstić information content (AvgIpc) is 2.62. The molecule has 1 heterocycles. The van der Waals surface area contributed by atoms with Gasteiger partial charge in [-0.1, -0.05) is 13.8 Å². The first-order chi connectivity index (χ1) is 9.38. The topological polar surface area (TPSA) is 53.3 Å². The van der Waals surface area contributed by atoms with Crippen LogP contribution in [0.25, 0.3) is 0 Å². The number of hydrogen-bond donors (Lipinski definition) is 2. The van der Waals surface area contributed by atoms with Crippen LogP contribution in [0.15, 0.2) is 0 Å². The highest BCUT2D eigenvalue weighted by Gasteiger charge is 2.21. The molecule has 0 aromatic carbocycles. The molecule has 1 rings (SSSR count). The van der Waals surface area contributed by atoms with Crippen LogP contribution in [0.1, 0.15) is 45.4 Å². The first-order valence-electron chi connectivity index (χ1n) is 7.51. The molecule has 20 heavy (non-hydrogen) atoms. The smallest absolute Gasteiger partial charge is 0.131 e. The maximum absolute atomic E-state index is 9.10. The molecular weight excluding hydrogens is 252 g/mol. The lowest BCUT2D eigenvalue weighted by atomic mass is 10.2. The van der Waals surface area contributed by atoms with Crippen molar-refractivity contribution in [2.45, 2.75) is 59.7 Å². The van der Waals surface area contributed by atoms with Gasteiger partial charge in [0.05, 0.1) is 5.69 Å². The van der Waals surface area contributed by atoms with Crippen LogP contribution in [0.3, 0.4) is 0 Å². The molecule has 1 aromatic heterocycles. The molecule has 1 aromatic rings. The Morgan fingerprint density at radius 3 is 2.45 bits per heavy atom. The van der Waals surface area contributed by atoms with Crippen molar-refractivity contribution in [1.82, 2.24) is 15.1 Å². The molecule has 0 spiro atoms. The van der Waals surface area contributed by atoms with Crippen LogP contribution in [0, 0.1) is 6.92 Å². The second-order valence-corrected chi connectivity index (χ2v) is 5.91. The summed E-state index contributed by atoms with van der Waals surface area (Å²) in [5.41, 5.74) is 2.33. The molecular formula is C15H30N4O. The quantitative estimate of drug-likeness (QED) is 0.764. The van der Waals surface area contributed by atoms with Gasteiger partial charge in [-0.2, -0.15) is 5.10 Å². The zero-order chi connectivity index (χ0) is 15.3. The molecule has 0 atom stereocenters. The first-order valence-corrected chi connectivity index (χ1v) is 7.51. The Kier molecular flexibility index (Phi) is 6.49. The van der Waals surface area contributed by atoms with Gasteiger partial charge in [0, 0.05) is 44.4 Å². The molecule has 0 aliphatic heterocycles. The molecule has 0 saturated heterocycles. The van der Waals surface area contributed by atoms with Crippen LogP contribution in [0.4, 0.5) is 5.82 Å². The minimum absolute atomic E-state index is 0.222. The van der Waals surface area contributed by atoms with E-state index in [1.807, 2.05) is 11.7 Å². The Morgan fingerprint density at radius 1 is 1.30 bits per heavy atom. The standard InChI is InChI=1S/C15H30N4O/c1-11(2)16-10-14-13(5)17-18(6)15(14)19(12(3)4)8-7-9-20/h11-12,16,20H,7-10H2,1-6H3. The maximum atomic E-state index is 9.10. The summed E-state index contributed by atoms with van der Waals surface area (Å²) >= 11 is 0. The molecule has 116 valence electrons. The summed E-state index contributed by atoms with van der Waals surface area (Å²) in [5.74, 6) is 1.17. The summed E-state index contributed by atoms with van der Waals surface area (Å²) in [4.78, 5) is 2.33. The largest absolute Gasteiger partial charge is 0.396 e. The summed E-state index contributed by atoms with van der Waals surface area (Å²) < 4.78 is 1.96. The minimum Gasteiger partial charge on any atom is -0.396 e. The van der Waals surface area contributed by atoms with Gasteiger partial charge in [-0.25, -0.2) is 0 Å². The van der Waals surface area contributed by atoms with Gasteiger partial charge in [0.1, 0.15) is 5.82 Å². The van der Waals surface area contributed by atoms with Crippen molar-refractivity contribution in [2.75, 3.05) is 18.1 Å². The van der Waals surface area contributed by atoms with Crippen molar-refractivity contribution in [2.24, 2.45) is 7.05 Å². The van der Waals surface area contributed by atoms with E-state index >= 15 is 0 Å². The van der Waals surface area contributed by atoms with Crippen molar-refractivity contribution in [1.29, 1.82) is 0 Å². The number of aromatic nitrogens is 2. The molecule has 0 saturated carbocycles. The molecule has 0 bridgehead atoms. The number of aryl methyl sites for hydroxylation is 2. The Hall–Kier alpha value is -1.07. The fraction of sp³-hybridized carbons (Fsp3) is 0.800. The third kappa shape index (κ3) is 4.21. The molecule has 0 unspecified atom stereocenters. The van der Waals surface area contributed by atoms with E-state index in [1.54, 1.807) is 0 Å². The SMILES string of the molecule is Cc1nn(C)c(N(CCCO)C(C)C)c1CNC(C)C. The molecule has 0 fully saturated rings. The second kappa shape index (κ2) is 7.64. The number of aliphatic hydroxyl groups is 1. The van der Waals surface area contributed by atoms with E-state index in [4.69, 9.17) is 5.11 Å². The van der Waals surface area contributed by atoms with E-state index in [1.165, 1.54) is 11.4 Å². The Bertz CT molecular complexity index is 412. The van der Waals surface area contributed by atoms with Gasteiger partial charge in [-0.3, -0.25) is 4.68 Å². The van der Waals surface area contributed by atoms with Gasteiger partial charge >= 0.3 is 0 Å². The van der Waals surface area contributed by atoms with Crippen molar-refractivity contribution < 1.29 is 5.11 Å². The third-order valence-corrected chi connectivity index (χ3v) is 3.45. The second-order valence-electron chi connectivity index (χ2n) is 5.91. The molecule has 5 heteroatoms. The lowest BCUT2D eigenvalue weighted by Gasteiger charge is -2.30. The van der Waals surface area contributed by atoms with Crippen molar-refractivity contribution in [3.63, 3.8) is 0 Å². The Balaban J connectivity index is 3.05. The minimum atomic E-state index is 0.222. The maximum Gasteiger partial charge on any atom is 0.131 e. The van der Waals surface area contributed by atoms with Gasteiger partial charge in [-0.05, 0) is 27.2 Å². The van der Waals surface area contributed by atoms with Crippen LogP contribution in [0.5, 0.6) is 0 Å². The van der Waals surface area contributed by atoms with Gasteiger partial charge in [0.15, 0.2) is 0 Å². The zero-order valence-electron chi connectivity index (χ0n) is 13.8. The van der Waals surface area contributed by atoms with Crippen LogP contribution in [0.2, 0.25) is 0 Å². The molecule has 0 radical (unpaired) electrons. The van der Waals surface area contributed by atoms with E-state index in [9.17, 15) is 0 Å². The first kappa shape index (κ1) is 17.0. The highest BCUT2D eigenvalue weighted by atomic mass is 16.3. The van der Waals surface area contributed by atoms with Gasteiger partial charge < -0.3 is 15.3 Å². The lowest BCUT2D eigenvalue weighted by molar-refractivity contribution is 0.288. The van der Waals surface area contributed by atoms with E-state index in [0.717, 1.165) is 25.2 Å². The van der Waals surface area contributed by atoms with E-state index < -0.39 is 0 Å². The number of rotatable bonds is 8. The van der Waals surface area contributed by atoms with Crippen molar-refractivity contribution in [3.8, 4) is 0 Å². The summed E-state index contributed by atoms with van der Waals surface area (Å²) in [5, 5.41) is 17.2. The zero-order valence-corrected chi connectivity index (χ0v) is 13.8. The molecule has 5 nitrogen and oxygen atoms in total. The van der Waals surface area contributed by atoms with Crippen molar-refractivity contribution in [3.05, 3.63) is 11.3 Å². The third-order valence-electron chi connectivity index (χ3n) is 3.45. The van der Waals surface area contributed by atoms with Crippen LogP contribution in [-0.4, -0.2) is 40.1 Å². The van der Waals surface area contributed by atoms with E-state index in [0.29, 0.717) is 12.1 Å². The monoisotopic (exact) mass is 282 g/mol. The highest BCUT2D eigenvalue weighted by molar-refractivity contribution is 5.51. The predicted octanol–water partition coefficient (Wildman–Crippen LogP) is 1.82. The highest BCUT2D eigenvalue weighted by Crippen LogP contribution is 2.25. The molecule has 0 amide bonds. The molecule has 0 aliphatic rings.